The summed E-state index contributed by atoms with van der Waals surface area (Å²) in [5.74, 6) is 0.749. The van der Waals surface area contributed by atoms with Crippen molar-refractivity contribution < 1.29 is 9.21 Å². The van der Waals surface area contributed by atoms with Crippen LogP contribution in [0.2, 0.25) is 9.36 Å². The third kappa shape index (κ3) is 5.52. The smallest absolute Gasteiger partial charge is 0.277 e. The normalized spacial score (nSPS) is 15.0. The largest absolute Gasteiger partial charge is 0.411 e. The van der Waals surface area contributed by atoms with Crippen molar-refractivity contribution >= 4 is 52.2 Å². The number of aromatic nitrogens is 2. The van der Waals surface area contributed by atoms with E-state index in [1.165, 1.54) is 16.6 Å². The van der Waals surface area contributed by atoms with Gasteiger partial charge in [0.2, 0.25) is 11.8 Å². The molecule has 1 saturated heterocycles. The standard InChI is InChI=1S/C19H18Cl2N4O2S2/c20-14-3-1-2-13(10-14)18-22-23-19(27-18)28-12-17(26)25-8-6-24(7-9-25)11-15-4-5-16(21)29-15/h1-5,10H,6-9,11-12H2. The molecule has 0 spiro atoms. The zero-order valence-electron chi connectivity index (χ0n) is 15.4. The SMILES string of the molecule is O=C(CSc1nnc(-c2cccc(Cl)c2)o1)N1CCN(Cc2ccc(Cl)s2)CC1. The van der Waals surface area contributed by atoms with Gasteiger partial charge in [0, 0.05) is 48.2 Å². The minimum absolute atomic E-state index is 0.0799. The van der Waals surface area contributed by atoms with Crippen LogP contribution in [0.4, 0.5) is 0 Å². The van der Waals surface area contributed by atoms with Crippen LogP contribution in [0.3, 0.4) is 0 Å². The first-order valence-corrected chi connectivity index (χ1v) is 11.6. The first-order chi connectivity index (χ1) is 14.1. The summed E-state index contributed by atoms with van der Waals surface area (Å²) in [6, 6.07) is 11.2. The van der Waals surface area contributed by atoms with E-state index in [2.05, 4.69) is 21.2 Å². The minimum atomic E-state index is 0.0799. The average molecular weight is 469 g/mol. The van der Waals surface area contributed by atoms with E-state index in [4.69, 9.17) is 27.6 Å². The van der Waals surface area contributed by atoms with Crippen molar-refractivity contribution in [3.8, 4) is 11.5 Å². The molecule has 0 bridgehead atoms. The molecule has 0 aliphatic carbocycles. The lowest BCUT2D eigenvalue weighted by Crippen LogP contribution is -2.48. The number of carbonyl (C=O) groups excluding carboxylic acids is 1. The third-order valence-corrected chi connectivity index (χ3v) is 6.78. The Balaban J connectivity index is 1.24. The van der Waals surface area contributed by atoms with Crippen LogP contribution < -0.4 is 0 Å². The van der Waals surface area contributed by atoms with Gasteiger partial charge in [0.05, 0.1) is 10.1 Å². The van der Waals surface area contributed by atoms with E-state index in [1.807, 2.05) is 23.1 Å². The van der Waals surface area contributed by atoms with Gasteiger partial charge in [-0.25, -0.2) is 0 Å². The van der Waals surface area contributed by atoms with E-state index in [1.54, 1.807) is 23.5 Å². The summed E-state index contributed by atoms with van der Waals surface area (Å²) in [6.45, 7) is 4.02. The van der Waals surface area contributed by atoms with Crippen LogP contribution >= 0.6 is 46.3 Å². The average Bonchev–Trinajstić information content (AvgIpc) is 3.36. The summed E-state index contributed by atoms with van der Waals surface area (Å²) in [6.07, 6.45) is 0. The second-order valence-electron chi connectivity index (χ2n) is 6.53. The lowest BCUT2D eigenvalue weighted by atomic mass is 10.2. The van der Waals surface area contributed by atoms with Gasteiger partial charge in [-0.1, -0.05) is 41.0 Å². The van der Waals surface area contributed by atoms with Crippen LogP contribution in [0.5, 0.6) is 0 Å². The quantitative estimate of drug-likeness (QED) is 0.494. The molecule has 4 rings (SSSR count). The number of hydrogen-bond acceptors (Lipinski definition) is 7. The van der Waals surface area contributed by atoms with Gasteiger partial charge in [0.25, 0.3) is 5.22 Å². The second-order valence-corrected chi connectivity index (χ2v) is 9.70. The Kier molecular flexibility index (Phi) is 6.77. The number of piperazine rings is 1. The van der Waals surface area contributed by atoms with Gasteiger partial charge in [-0.3, -0.25) is 9.69 Å². The molecule has 0 unspecified atom stereocenters. The Labute approximate surface area is 186 Å². The maximum Gasteiger partial charge on any atom is 0.277 e. The second kappa shape index (κ2) is 9.49. The molecule has 1 aromatic carbocycles. The highest BCUT2D eigenvalue weighted by molar-refractivity contribution is 7.99. The van der Waals surface area contributed by atoms with Crippen molar-refractivity contribution in [2.24, 2.45) is 0 Å². The number of rotatable bonds is 6. The number of thioether (sulfide) groups is 1. The van der Waals surface area contributed by atoms with E-state index < -0.39 is 0 Å². The first kappa shape index (κ1) is 20.7. The van der Waals surface area contributed by atoms with E-state index in [0.717, 1.165) is 42.6 Å². The maximum atomic E-state index is 12.5. The third-order valence-electron chi connectivity index (χ3n) is 4.53. The molecule has 1 fully saturated rings. The van der Waals surface area contributed by atoms with Gasteiger partial charge in [-0.05, 0) is 30.3 Å². The van der Waals surface area contributed by atoms with Crippen LogP contribution in [-0.2, 0) is 11.3 Å². The molecule has 3 aromatic rings. The van der Waals surface area contributed by atoms with E-state index in [-0.39, 0.29) is 11.7 Å². The number of hydrogen-bond donors (Lipinski definition) is 0. The van der Waals surface area contributed by atoms with Crippen LogP contribution in [0, 0.1) is 0 Å². The Morgan fingerprint density at radius 3 is 2.69 bits per heavy atom. The fourth-order valence-electron chi connectivity index (χ4n) is 3.03. The molecule has 3 heterocycles. The Morgan fingerprint density at radius 2 is 1.97 bits per heavy atom. The first-order valence-electron chi connectivity index (χ1n) is 9.03. The summed E-state index contributed by atoms with van der Waals surface area (Å²) in [5.41, 5.74) is 0.756. The van der Waals surface area contributed by atoms with E-state index in [0.29, 0.717) is 16.1 Å². The Bertz CT molecular complexity index is 986. The maximum absolute atomic E-state index is 12.5. The summed E-state index contributed by atoms with van der Waals surface area (Å²) in [4.78, 5) is 18.0. The van der Waals surface area contributed by atoms with Crippen LogP contribution in [0.1, 0.15) is 4.88 Å². The Hall–Kier alpha value is -1.58. The molecular formula is C19H18Cl2N4O2S2. The molecule has 2 aromatic heterocycles. The Morgan fingerprint density at radius 1 is 1.14 bits per heavy atom. The molecule has 1 amide bonds. The molecular weight excluding hydrogens is 451 g/mol. The molecule has 29 heavy (non-hydrogen) atoms. The van der Waals surface area contributed by atoms with Crippen LogP contribution in [0.15, 0.2) is 46.0 Å². The molecule has 0 N–H and O–H groups in total. The molecule has 1 aliphatic heterocycles. The van der Waals surface area contributed by atoms with Crippen molar-refractivity contribution in [3.63, 3.8) is 0 Å². The van der Waals surface area contributed by atoms with Crippen molar-refractivity contribution in [1.82, 2.24) is 20.0 Å². The topological polar surface area (TPSA) is 62.5 Å². The van der Waals surface area contributed by atoms with Gasteiger partial charge in [-0.15, -0.1) is 21.5 Å². The highest BCUT2D eigenvalue weighted by Crippen LogP contribution is 2.26. The van der Waals surface area contributed by atoms with Gasteiger partial charge in [-0.2, -0.15) is 0 Å². The predicted octanol–water partition coefficient (Wildman–Crippen LogP) is 4.54. The zero-order chi connectivity index (χ0) is 20.2. The summed E-state index contributed by atoms with van der Waals surface area (Å²) in [7, 11) is 0. The van der Waals surface area contributed by atoms with Crippen molar-refractivity contribution in [3.05, 3.63) is 50.6 Å². The fourth-order valence-corrected chi connectivity index (χ4v) is 5.02. The summed E-state index contributed by atoms with van der Waals surface area (Å²) < 4.78 is 6.45. The molecule has 0 radical (unpaired) electrons. The van der Waals surface area contributed by atoms with Gasteiger partial charge >= 0.3 is 0 Å². The van der Waals surface area contributed by atoms with E-state index >= 15 is 0 Å². The van der Waals surface area contributed by atoms with E-state index in [9.17, 15) is 4.79 Å². The van der Waals surface area contributed by atoms with Crippen LogP contribution in [-0.4, -0.2) is 57.8 Å². The number of nitrogens with zero attached hydrogens (tertiary/aromatic N) is 4. The number of halogens is 2. The molecule has 152 valence electrons. The molecule has 1 aliphatic rings. The van der Waals surface area contributed by atoms with Gasteiger partial charge < -0.3 is 9.32 Å². The zero-order valence-corrected chi connectivity index (χ0v) is 18.5. The molecule has 0 saturated carbocycles. The monoisotopic (exact) mass is 468 g/mol. The molecule has 10 heteroatoms. The van der Waals surface area contributed by atoms with Crippen molar-refractivity contribution in [2.45, 2.75) is 11.8 Å². The highest BCUT2D eigenvalue weighted by atomic mass is 35.5. The summed E-state index contributed by atoms with van der Waals surface area (Å²) in [5, 5.41) is 9.03. The fraction of sp³-hybridized carbons (Fsp3) is 0.316. The van der Waals surface area contributed by atoms with Gasteiger partial charge in [0.1, 0.15) is 0 Å². The van der Waals surface area contributed by atoms with Crippen LogP contribution in [0.25, 0.3) is 11.5 Å². The molecule has 0 atom stereocenters. The highest BCUT2D eigenvalue weighted by Gasteiger charge is 2.22. The lowest BCUT2D eigenvalue weighted by molar-refractivity contribution is -0.130. The minimum Gasteiger partial charge on any atom is -0.411 e. The molecule has 6 nitrogen and oxygen atoms in total. The number of thiophene rings is 1. The number of amides is 1. The lowest BCUT2D eigenvalue weighted by Gasteiger charge is -2.34. The van der Waals surface area contributed by atoms with Crippen molar-refractivity contribution in [2.75, 3.05) is 31.9 Å². The van der Waals surface area contributed by atoms with Gasteiger partial charge in [0.15, 0.2) is 0 Å². The number of benzene rings is 1. The summed E-state index contributed by atoms with van der Waals surface area (Å²) >= 11 is 14.8. The van der Waals surface area contributed by atoms with Crippen molar-refractivity contribution in [1.29, 1.82) is 0 Å². The predicted molar refractivity (Wildman–Crippen MR) is 117 cm³/mol. The number of carbonyl (C=O) groups is 1.